The van der Waals surface area contributed by atoms with E-state index >= 15 is 0 Å². The van der Waals surface area contributed by atoms with Gasteiger partial charge in [-0.05, 0) is 31.2 Å². The number of aromatic amines is 1. The number of hydrogen-bond acceptors (Lipinski definition) is 4. The minimum absolute atomic E-state index is 0.226. The molecule has 3 rings (SSSR count). The van der Waals surface area contributed by atoms with Gasteiger partial charge in [0.1, 0.15) is 11.6 Å². The van der Waals surface area contributed by atoms with Crippen molar-refractivity contribution < 1.29 is 4.74 Å². The molecule has 0 amide bonds. The van der Waals surface area contributed by atoms with E-state index in [1.807, 2.05) is 31.2 Å². The lowest BCUT2D eigenvalue weighted by atomic mass is 10.1. The zero-order valence-electron chi connectivity index (χ0n) is 13.0. The van der Waals surface area contributed by atoms with E-state index in [1.165, 1.54) is 6.07 Å². The number of benzene rings is 2. The van der Waals surface area contributed by atoms with Gasteiger partial charge in [-0.25, -0.2) is 4.98 Å². The number of aromatic nitrogens is 2. The van der Waals surface area contributed by atoms with Crippen molar-refractivity contribution in [3.05, 3.63) is 64.4 Å². The summed E-state index contributed by atoms with van der Waals surface area (Å²) in [7, 11) is 1.57. The van der Waals surface area contributed by atoms with Crippen molar-refractivity contribution >= 4 is 5.69 Å². The van der Waals surface area contributed by atoms with Crippen LogP contribution in [0, 0.1) is 6.92 Å². The van der Waals surface area contributed by atoms with Gasteiger partial charge >= 0.3 is 0 Å². The Labute approximate surface area is 133 Å². The summed E-state index contributed by atoms with van der Waals surface area (Å²) in [5.41, 5.74) is 9.37. The number of rotatable bonds is 3. The molecule has 5 heteroatoms. The molecule has 0 aliphatic heterocycles. The van der Waals surface area contributed by atoms with Crippen LogP contribution < -0.4 is 16.0 Å². The second-order valence-corrected chi connectivity index (χ2v) is 5.31. The largest absolute Gasteiger partial charge is 0.496 e. The number of nitrogens with one attached hydrogen (secondary N) is 1. The van der Waals surface area contributed by atoms with E-state index in [9.17, 15) is 4.79 Å². The van der Waals surface area contributed by atoms with Crippen molar-refractivity contribution in [1.82, 2.24) is 9.97 Å². The van der Waals surface area contributed by atoms with E-state index in [2.05, 4.69) is 9.97 Å². The molecule has 116 valence electrons. The number of nitrogen functional groups attached to an aromatic ring is 1. The Morgan fingerprint density at radius 1 is 1.13 bits per heavy atom. The van der Waals surface area contributed by atoms with E-state index in [0.717, 1.165) is 11.1 Å². The van der Waals surface area contributed by atoms with Gasteiger partial charge in [-0.15, -0.1) is 0 Å². The van der Waals surface area contributed by atoms with E-state index in [-0.39, 0.29) is 5.56 Å². The Balaban J connectivity index is 2.19. The minimum atomic E-state index is -0.226. The number of H-pyrrole nitrogens is 1. The maximum atomic E-state index is 12.1. The molecule has 1 heterocycles. The van der Waals surface area contributed by atoms with E-state index in [4.69, 9.17) is 10.5 Å². The number of nitrogens with zero attached hydrogens (tertiary/aromatic N) is 1. The molecule has 0 aliphatic carbocycles. The molecule has 0 unspecified atom stereocenters. The Morgan fingerprint density at radius 2 is 1.96 bits per heavy atom. The first-order valence-electron chi connectivity index (χ1n) is 7.19. The lowest BCUT2D eigenvalue weighted by Gasteiger charge is -2.10. The highest BCUT2D eigenvalue weighted by Crippen LogP contribution is 2.30. The highest BCUT2D eigenvalue weighted by atomic mass is 16.5. The second-order valence-electron chi connectivity index (χ2n) is 5.31. The molecule has 0 saturated heterocycles. The summed E-state index contributed by atoms with van der Waals surface area (Å²) >= 11 is 0. The zero-order chi connectivity index (χ0) is 16.4. The van der Waals surface area contributed by atoms with Crippen LogP contribution in [0.3, 0.4) is 0 Å². The van der Waals surface area contributed by atoms with Gasteiger partial charge in [-0.2, -0.15) is 0 Å². The topological polar surface area (TPSA) is 81.0 Å². The summed E-state index contributed by atoms with van der Waals surface area (Å²) in [6, 6.07) is 14.5. The molecule has 0 fully saturated rings. The van der Waals surface area contributed by atoms with Crippen LogP contribution in [0.4, 0.5) is 5.69 Å². The lowest BCUT2D eigenvalue weighted by Crippen LogP contribution is -2.09. The van der Waals surface area contributed by atoms with Crippen LogP contribution in [0.15, 0.2) is 53.3 Å². The van der Waals surface area contributed by atoms with Crippen LogP contribution in [-0.4, -0.2) is 17.1 Å². The van der Waals surface area contributed by atoms with Crippen molar-refractivity contribution in [3.8, 4) is 28.4 Å². The molecule has 3 aromatic rings. The molecular formula is C18H17N3O2. The fourth-order valence-electron chi connectivity index (χ4n) is 2.45. The Bertz CT molecular complexity index is 916. The van der Waals surface area contributed by atoms with Crippen LogP contribution in [-0.2, 0) is 0 Å². The highest BCUT2D eigenvalue weighted by molar-refractivity contribution is 5.72. The molecule has 3 N–H and O–H groups in total. The Hall–Kier alpha value is -3.08. The number of anilines is 1. The maximum absolute atomic E-state index is 12.1. The van der Waals surface area contributed by atoms with E-state index in [1.54, 1.807) is 25.3 Å². The quantitative estimate of drug-likeness (QED) is 0.729. The van der Waals surface area contributed by atoms with Crippen molar-refractivity contribution in [2.45, 2.75) is 6.92 Å². The first-order chi connectivity index (χ1) is 11.1. The average molecular weight is 307 g/mol. The normalized spacial score (nSPS) is 10.5. The summed E-state index contributed by atoms with van der Waals surface area (Å²) in [6.07, 6.45) is 0. The van der Waals surface area contributed by atoms with Crippen LogP contribution in [0.5, 0.6) is 5.75 Å². The minimum Gasteiger partial charge on any atom is -0.496 e. The molecule has 5 nitrogen and oxygen atoms in total. The fraction of sp³-hybridized carbons (Fsp3) is 0.111. The van der Waals surface area contributed by atoms with Gasteiger partial charge in [-0.3, -0.25) is 4.79 Å². The molecule has 0 bridgehead atoms. The van der Waals surface area contributed by atoms with Gasteiger partial charge in [0.25, 0.3) is 5.56 Å². The average Bonchev–Trinajstić information content (AvgIpc) is 2.54. The molecular weight excluding hydrogens is 290 g/mol. The SMILES string of the molecule is COc1ccc(N)cc1-c1cc(=O)[nH]c(-c2cccc(C)c2)n1. The van der Waals surface area contributed by atoms with E-state index < -0.39 is 0 Å². The molecule has 0 spiro atoms. The maximum Gasteiger partial charge on any atom is 0.251 e. The molecule has 0 atom stereocenters. The van der Waals surface area contributed by atoms with Crippen LogP contribution in [0.1, 0.15) is 5.56 Å². The first kappa shape index (κ1) is 14.8. The van der Waals surface area contributed by atoms with Gasteiger partial charge in [0.2, 0.25) is 0 Å². The van der Waals surface area contributed by atoms with Crippen molar-refractivity contribution in [2.24, 2.45) is 0 Å². The molecule has 0 radical (unpaired) electrons. The van der Waals surface area contributed by atoms with Gasteiger partial charge < -0.3 is 15.5 Å². The summed E-state index contributed by atoms with van der Waals surface area (Å²) in [6.45, 7) is 1.99. The van der Waals surface area contributed by atoms with Crippen molar-refractivity contribution in [3.63, 3.8) is 0 Å². The summed E-state index contributed by atoms with van der Waals surface area (Å²) in [5, 5.41) is 0. The molecule has 0 aliphatic rings. The van der Waals surface area contributed by atoms with Crippen molar-refractivity contribution in [2.75, 3.05) is 12.8 Å². The third-order valence-electron chi connectivity index (χ3n) is 3.53. The number of aryl methyl sites for hydroxylation is 1. The van der Waals surface area contributed by atoms with Crippen LogP contribution in [0.25, 0.3) is 22.6 Å². The number of methoxy groups -OCH3 is 1. The van der Waals surface area contributed by atoms with Gasteiger partial charge in [-0.1, -0.05) is 23.8 Å². The van der Waals surface area contributed by atoms with Crippen LogP contribution >= 0.6 is 0 Å². The van der Waals surface area contributed by atoms with E-state index in [0.29, 0.717) is 28.5 Å². The zero-order valence-corrected chi connectivity index (χ0v) is 13.0. The lowest BCUT2D eigenvalue weighted by molar-refractivity contribution is 0.416. The summed E-state index contributed by atoms with van der Waals surface area (Å²) in [4.78, 5) is 19.4. The third-order valence-corrected chi connectivity index (χ3v) is 3.53. The predicted molar refractivity (Wildman–Crippen MR) is 91.4 cm³/mol. The van der Waals surface area contributed by atoms with Gasteiger partial charge in [0, 0.05) is 22.9 Å². The van der Waals surface area contributed by atoms with Crippen LogP contribution in [0.2, 0.25) is 0 Å². The molecule has 23 heavy (non-hydrogen) atoms. The molecule has 1 aromatic heterocycles. The summed E-state index contributed by atoms with van der Waals surface area (Å²) in [5.74, 6) is 1.13. The predicted octanol–water partition coefficient (Wildman–Crippen LogP) is 3.00. The van der Waals surface area contributed by atoms with Gasteiger partial charge in [0.05, 0.1) is 12.8 Å². The smallest absolute Gasteiger partial charge is 0.251 e. The molecule has 2 aromatic carbocycles. The second kappa shape index (κ2) is 5.96. The highest BCUT2D eigenvalue weighted by Gasteiger charge is 2.11. The number of ether oxygens (including phenoxy) is 1. The Morgan fingerprint density at radius 3 is 2.70 bits per heavy atom. The van der Waals surface area contributed by atoms with Crippen molar-refractivity contribution in [1.29, 1.82) is 0 Å². The monoisotopic (exact) mass is 307 g/mol. The first-order valence-corrected chi connectivity index (χ1v) is 7.19. The number of hydrogen-bond donors (Lipinski definition) is 2. The fourth-order valence-corrected chi connectivity index (χ4v) is 2.45. The molecule has 0 saturated carbocycles. The number of nitrogens with two attached hydrogens (primary N) is 1. The summed E-state index contributed by atoms with van der Waals surface area (Å²) < 4.78 is 5.35. The third kappa shape index (κ3) is 3.08. The Kier molecular flexibility index (Phi) is 3.85. The standard InChI is InChI=1S/C18H17N3O2/c1-11-4-3-5-12(8-11)18-20-15(10-17(22)21-18)14-9-13(19)6-7-16(14)23-2/h3-10H,19H2,1-2H3,(H,20,21,22). The van der Waals surface area contributed by atoms with Gasteiger partial charge in [0.15, 0.2) is 0 Å².